The zero-order chi connectivity index (χ0) is 7.40. The highest BCUT2D eigenvalue weighted by molar-refractivity contribution is 8.03. The van der Waals surface area contributed by atoms with E-state index in [9.17, 15) is 0 Å². The Balaban J connectivity index is 2.69. The minimum absolute atomic E-state index is 0.849. The molecule has 0 unspecified atom stereocenters. The Morgan fingerprint density at radius 2 is 2.20 bits per heavy atom. The van der Waals surface area contributed by atoms with Gasteiger partial charge in [0.05, 0.1) is 6.61 Å². The van der Waals surface area contributed by atoms with Gasteiger partial charge in [-0.2, -0.15) is 0 Å². The standard InChI is InChI=1S/C8H12OS/c1-3-7-8(4-2)10-6-5-9-7/h3-4H,5-6H2,1-2H3. The van der Waals surface area contributed by atoms with E-state index in [1.54, 1.807) is 0 Å². The van der Waals surface area contributed by atoms with Crippen molar-refractivity contribution in [3.8, 4) is 0 Å². The third kappa shape index (κ3) is 1.57. The summed E-state index contributed by atoms with van der Waals surface area (Å²) in [6.07, 6.45) is 4.11. The van der Waals surface area contributed by atoms with Gasteiger partial charge in [0.15, 0.2) is 0 Å². The van der Waals surface area contributed by atoms with Gasteiger partial charge >= 0.3 is 0 Å². The van der Waals surface area contributed by atoms with Crippen molar-refractivity contribution >= 4 is 11.8 Å². The summed E-state index contributed by atoms with van der Waals surface area (Å²) in [7, 11) is 0. The molecule has 10 heavy (non-hydrogen) atoms. The molecular weight excluding hydrogens is 144 g/mol. The molecule has 1 aliphatic rings. The van der Waals surface area contributed by atoms with Crippen LogP contribution >= 0.6 is 11.8 Å². The molecule has 0 atom stereocenters. The van der Waals surface area contributed by atoms with E-state index in [1.807, 2.05) is 31.7 Å². The molecule has 1 fully saturated rings. The van der Waals surface area contributed by atoms with Crippen molar-refractivity contribution in [2.45, 2.75) is 13.8 Å². The van der Waals surface area contributed by atoms with Gasteiger partial charge in [0.2, 0.25) is 0 Å². The van der Waals surface area contributed by atoms with Crippen LogP contribution in [-0.4, -0.2) is 12.4 Å². The molecular formula is C8H12OS. The normalized spacial score (nSPS) is 27.0. The SMILES string of the molecule is CC=C1OCCSC1=CC. The molecule has 0 aromatic carbocycles. The molecule has 0 radical (unpaired) electrons. The second-order valence-corrected chi connectivity index (χ2v) is 3.14. The minimum atomic E-state index is 0.849. The Kier molecular flexibility index (Phi) is 2.87. The molecule has 1 saturated heterocycles. The topological polar surface area (TPSA) is 9.23 Å². The second kappa shape index (κ2) is 3.71. The largest absolute Gasteiger partial charge is 0.492 e. The van der Waals surface area contributed by atoms with Gasteiger partial charge in [-0.05, 0) is 19.9 Å². The smallest absolute Gasteiger partial charge is 0.128 e. The van der Waals surface area contributed by atoms with E-state index in [0.29, 0.717) is 0 Å². The Morgan fingerprint density at radius 3 is 2.70 bits per heavy atom. The van der Waals surface area contributed by atoms with Crippen molar-refractivity contribution in [3.05, 3.63) is 22.8 Å². The molecule has 0 amide bonds. The van der Waals surface area contributed by atoms with Crippen LogP contribution in [0.5, 0.6) is 0 Å². The summed E-state index contributed by atoms with van der Waals surface area (Å²) >= 11 is 1.86. The van der Waals surface area contributed by atoms with E-state index in [0.717, 1.165) is 18.1 Å². The van der Waals surface area contributed by atoms with Crippen molar-refractivity contribution in [2.24, 2.45) is 0 Å². The summed E-state index contributed by atoms with van der Waals surface area (Å²) in [6, 6.07) is 0. The highest BCUT2D eigenvalue weighted by Gasteiger charge is 2.10. The van der Waals surface area contributed by atoms with Crippen LogP contribution in [-0.2, 0) is 4.74 Å². The molecule has 0 spiro atoms. The maximum absolute atomic E-state index is 5.40. The Hall–Kier alpha value is -0.370. The van der Waals surface area contributed by atoms with Gasteiger partial charge < -0.3 is 4.74 Å². The van der Waals surface area contributed by atoms with Crippen LogP contribution in [0.4, 0.5) is 0 Å². The minimum Gasteiger partial charge on any atom is -0.492 e. The first-order chi connectivity index (χ1) is 4.88. The lowest BCUT2D eigenvalue weighted by molar-refractivity contribution is 0.239. The van der Waals surface area contributed by atoms with E-state index in [-0.39, 0.29) is 0 Å². The van der Waals surface area contributed by atoms with Gasteiger partial charge in [0, 0.05) is 10.7 Å². The number of thioether (sulfide) groups is 1. The predicted molar refractivity (Wildman–Crippen MR) is 45.9 cm³/mol. The van der Waals surface area contributed by atoms with Crippen molar-refractivity contribution in [2.75, 3.05) is 12.4 Å². The Bertz CT molecular complexity index is 150. The number of ether oxygens (including phenoxy) is 1. The van der Waals surface area contributed by atoms with Gasteiger partial charge in [-0.15, -0.1) is 11.8 Å². The first-order valence-electron chi connectivity index (χ1n) is 3.47. The molecule has 0 aromatic heterocycles. The summed E-state index contributed by atoms with van der Waals surface area (Å²) in [5, 5.41) is 0. The molecule has 56 valence electrons. The van der Waals surface area contributed by atoms with E-state index in [2.05, 4.69) is 6.08 Å². The van der Waals surface area contributed by atoms with Crippen LogP contribution in [0, 0.1) is 0 Å². The average Bonchev–Trinajstić information content (AvgIpc) is 2.04. The van der Waals surface area contributed by atoms with Crippen molar-refractivity contribution in [1.29, 1.82) is 0 Å². The molecule has 0 N–H and O–H groups in total. The molecule has 0 aliphatic carbocycles. The lowest BCUT2D eigenvalue weighted by Gasteiger charge is -2.17. The number of rotatable bonds is 0. The fourth-order valence-electron chi connectivity index (χ4n) is 0.897. The number of hydrogen-bond acceptors (Lipinski definition) is 2. The third-order valence-corrected chi connectivity index (χ3v) is 2.48. The summed E-state index contributed by atoms with van der Waals surface area (Å²) in [6.45, 7) is 4.90. The van der Waals surface area contributed by atoms with Crippen LogP contribution in [0.15, 0.2) is 22.8 Å². The van der Waals surface area contributed by atoms with Gasteiger partial charge in [0.1, 0.15) is 5.76 Å². The fraction of sp³-hybridized carbons (Fsp3) is 0.500. The number of allylic oxidation sites excluding steroid dienone is 2. The molecule has 1 aliphatic heterocycles. The summed E-state index contributed by atoms with van der Waals surface area (Å²) in [5.41, 5.74) is 0. The molecule has 1 nitrogen and oxygen atoms in total. The number of hydrogen-bond donors (Lipinski definition) is 0. The second-order valence-electron chi connectivity index (χ2n) is 2.00. The fourth-order valence-corrected chi connectivity index (χ4v) is 1.77. The maximum Gasteiger partial charge on any atom is 0.128 e. The van der Waals surface area contributed by atoms with Gasteiger partial charge in [-0.1, -0.05) is 6.08 Å². The lowest BCUT2D eigenvalue weighted by atomic mass is 10.4. The highest BCUT2D eigenvalue weighted by Crippen LogP contribution is 2.28. The van der Waals surface area contributed by atoms with Gasteiger partial charge in [-0.3, -0.25) is 0 Å². The monoisotopic (exact) mass is 156 g/mol. The van der Waals surface area contributed by atoms with Crippen LogP contribution in [0.2, 0.25) is 0 Å². The van der Waals surface area contributed by atoms with Crippen LogP contribution in [0.3, 0.4) is 0 Å². The predicted octanol–water partition coefficient (Wildman–Crippen LogP) is 2.56. The van der Waals surface area contributed by atoms with E-state index < -0.39 is 0 Å². The third-order valence-electron chi connectivity index (χ3n) is 1.37. The van der Waals surface area contributed by atoms with Crippen LogP contribution < -0.4 is 0 Å². The molecule has 1 rings (SSSR count). The lowest BCUT2D eigenvalue weighted by Crippen LogP contribution is -2.05. The highest BCUT2D eigenvalue weighted by atomic mass is 32.2. The summed E-state index contributed by atoms with van der Waals surface area (Å²) in [5.74, 6) is 2.12. The molecule has 0 aromatic rings. The quantitative estimate of drug-likeness (QED) is 0.533. The first-order valence-corrected chi connectivity index (χ1v) is 4.45. The van der Waals surface area contributed by atoms with Crippen molar-refractivity contribution < 1.29 is 4.74 Å². The molecule has 0 bridgehead atoms. The van der Waals surface area contributed by atoms with Gasteiger partial charge in [-0.25, -0.2) is 0 Å². The Morgan fingerprint density at radius 1 is 1.40 bits per heavy atom. The Labute approximate surface area is 66.1 Å². The van der Waals surface area contributed by atoms with E-state index in [1.165, 1.54) is 4.91 Å². The van der Waals surface area contributed by atoms with E-state index in [4.69, 9.17) is 4.74 Å². The van der Waals surface area contributed by atoms with Crippen LogP contribution in [0.1, 0.15) is 13.8 Å². The maximum atomic E-state index is 5.40. The zero-order valence-electron chi connectivity index (χ0n) is 6.39. The molecule has 2 heteroatoms. The summed E-state index contributed by atoms with van der Waals surface area (Å²) in [4.78, 5) is 1.27. The first kappa shape index (κ1) is 7.73. The van der Waals surface area contributed by atoms with Crippen LogP contribution in [0.25, 0.3) is 0 Å². The van der Waals surface area contributed by atoms with Crippen molar-refractivity contribution in [3.63, 3.8) is 0 Å². The van der Waals surface area contributed by atoms with Gasteiger partial charge in [0.25, 0.3) is 0 Å². The summed E-state index contributed by atoms with van der Waals surface area (Å²) < 4.78 is 5.40. The zero-order valence-corrected chi connectivity index (χ0v) is 7.20. The molecule has 0 saturated carbocycles. The average molecular weight is 156 g/mol. The molecule has 1 heterocycles. The van der Waals surface area contributed by atoms with Crippen molar-refractivity contribution in [1.82, 2.24) is 0 Å². The van der Waals surface area contributed by atoms with E-state index >= 15 is 0 Å².